The zero-order valence-corrected chi connectivity index (χ0v) is 13.4. The number of benzene rings is 1. The number of nitrogens with zero attached hydrogens (tertiary/aromatic N) is 2. The number of aromatic nitrogens is 2. The Kier molecular flexibility index (Phi) is 4.79. The van der Waals surface area contributed by atoms with E-state index in [0.29, 0.717) is 19.0 Å². The van der Waals surface area contributed by atoms with Gasteiger partial charge >= 0.3 is 5.69 Å². The van der Waals surface area contributed by atoms with E-state index in [2.05, 4.69) is 10.3 Å². The van der Waals surface area contributed by atoms with Gasteiger partial charge in [0.1, 0.15) is 6.54 Å². The number of amides is 1. The van der Waals surface area contributed by atoms with Gasteiger partial charge in [0.05, 0.1) is 19.3 Å². The summed E-state index contributed by atoms with van der Waals surface area (Å²) in [6.45, 7) is 3.06. The smallest absolute Gasteiger partial charge is 0.347 e. The summed E-state index contributed by atoms with van der Waals surface area (Å²) < 4.78 is 12.5. The van der Waals surface area contributed by atoms with E-state index >= 15 is 0 Å². The standard InChI is InChI=1S/C17H19N3O4/c1-12(19-16(21)11-20-7-2-6-18-17(20)22)13-4-5-14-15(10-13)24-9-3-8-23-14/h2,4-7,10,12H,3,8-9,11H2,1H3,(H,19,21)/t12-/m1/s1. The third-order valence-corrected chi connectivity index (χ3v) is 3.75. The van der Waals surface area contributed by atoms with Crippen molar-refractivity contribution < 1.29 is 14.3 Å². The maximum absolute atomic E-state index is 12.1. The number of nitrogens with one attached hydrogen (secondary N) is 1. The van der Waals surface area contributed by atoms with Gasteiger partial charge in [0.2, 0.25) is 5.91 Å². The third-order valence-electron chi connectivity index (χ3n) is 3.75. The molecule has 0 spiro atoms. The van der Waals surface area contributed by atoms with E-state index in [4.69, 9.17) is 9.47 Å². The van der Waals surface area contributed by atoms with E-state index in [9.17, 15) is 9.59 Å². The van der Waals surface area contributed by atoms with Crippen molar-refractivity contribution in [2.45, 2.75) is 25.9 Å². The molecule has 1 aliphatic heterocycles. The van der Waals surface area contributed by atoms with Gasteiger partial charge < -0.3 is 14.8 Å². The van der Waals surface area contributed by atoms with E-state index in [-0.39, 0.29) is 18.5 Å². The summed E-state index contributed by atoms with van der Waals surface area (Å²) in [5, 5.41) is 2.87. The molecule has 126 valence electrons. The van der Waals surface area contributed by atoms with Gasteiger partial charge in [-0.2, -0.15) is 0 Å². The molecule has 1 N–H and O–H groups in total. The average molecular weight is 329 g/mol. The predicted molar refractivity (Wildman–Crippen MR) is 87.1 cm³/mol. The van der Waals surface area contributed by atoms with Crippen molar-refractivity contribution in [2.75, 3.05) is 13.2 Å². The maximum atomic E-state index is 12.1. The Labute approximate surface area is 139 Å². The van der Waals surface area contributed by atoms with Crippen molar-refractivity contribution in [1.82, 2.24) is 14.9 Å². The molecule has 2 aromatic rings. The van der Waals surface area contributed by atoms with Gasteiger partial charge in [-0.05, 0) is 30.7 Å². The molecule has 3 rings (SSSR count). The van der Waals surface area contributed by atoms with Gasteiger partial charge in [0.25, 0.3) is 0 Å². The molecule has 0 unspecified atom stereocenters. The second-order valence-electron chi connectivity index (χ2n) is 5.58. The van der Waals surface area contributed by atoms with E-state index in [1.807, 2.05) is 25.1 Å². The molecular formula is C17H19N3O4. The Morgan fingerprint density at radius 1 is 1.33 bits per heavy atom. The maximum Gasteiger partial charge on any atom is 0.347 e. The van der Waals surface area contributed by atoms with Crippen LogP contribution >= 0.6 is 0 Å². The van der Waals surface area contributed by atoms with Crippen molar-refractivity contribution in [1.29, 1.82) is 0 Å². The Balaban J connectivity index is 1.67. The first-order chi connectivity index (χ1) is 11.6. The molecule has 24 heavy (non-hydrogen) atoms. The molecule has 1 aromatic heterocycles. The fourth-order valence-corrected chi connectivity index (χ4v) is 2.48. The summed E-state index contributed by atoms with van der Waals surface area (Å²) >= 11 is 0. The van der Waals surface area contributed by atoms with Gasteiger partial charge in [0.15, 0.2) is 11.5 Å². The molecule has 0 radical (unpaired) electrons. The summed E-state index contributed by atoms with van der Waals surface area (Å²) in [5.41, 5.74) is 0.460. The van der Waals surface area contributed by atoms with Crippen LogP contribution in [-0.2, 0) is 11.3 Å². The topological polar surface area (TPSA) is 82.5 Å². The number of hydrogen-bond acceptors (Lipinski definition) is 5. The fraction of sp³-hybridized carbons (Fsp3) is 0.353. The Bertz CT molecular complexity index is 787. The Morgan fingerprint density at radius 2 is 2.12 bits per heavy atom. The minimum atomic E-state index is -0.448. The van der Waals surface area contributed by atoms with Crippen LogP contribution in [0.1, 0.15) is 24.9 Å². The summed E-state index contributed by atoms with van der Waals surface area (Å²) in [4.78, 5) is 27.3. The first-order valence-corrected chi connectivity index (χ1v) is 7.84. The molecule has 1 aliphatic rings. The van der Waals surface area contributed by atoms with Crippen LogP contribution in [0, 0.1) is 0 Å². The van der Waals surface area contributed by atoms with Crippen molar-refractivity contribution in [3.8, 4) is 11.5 Å². The fourth-order valence-electron chi connectivity index (χ4n) is 2.48. The molecule has 0 saturated heterocycles. The van der Waals surface area contributed by atoms with Crippen LogP contribution in [0.2, 0.25) is 0 Å². The minimum absolute atomic E-state index is 0.0679. The highest BCUT2D eigenvalue weighted by Gasteiger charge is 2.15. The molecule has 0 bridgehead atoms. The summed E-state index contributed by atoms with van der Waals surface area (Å²) in [7, 11) is 0. The molecule has 0 saturated carbocycles. The van der Waals surface area contributed by atoms with Crippen molar-refractivity contribution >= 4 is 5.91 Å². The molecule has 7 heteroatoms. The van der Waals surface area contributed by atoms with Gasteiger partial charge in [-0.15, -0.1) is 0 Å². The first-order valence-electron chi connectivity index (χ1n) is 7.84. The van der Waals surface area contributed by atoms with Crippen molar-refractivity contribution in [3.63, 3.8) is 0 Å². The number of hydrogen-bond donors (Lipinski definition) is 1. The molecule has 7 nitrogen and oxygen atoms in total. The van der Waals surface area contributed by atoms with Crippen molar-refractivity contribution in [3.05, 3.63) is 52.7 Å². The SMILES string of the molecule is C[C@@H](NC(=O)Cn1cccnc1=O)c1ccc2c(c1)OCCCO2. The van der Waals surface area contributed by atoms with Crippen LogP contribution in [0.3, 0.4) is 0 Å². The summed E-state index contributed by atoms with van der Waals surface area (Å²) in [5.74, 6) is 1.15. The van der Waals surface area contributed by atoms with Crippen LogP contribution < -0.4 is 20.5 Å². The first kappa shape index (κ1) is 16.0. The van der Waals surface area contributed by atoms with Crippen LogP contribution in [-0.4, -0.2) is 28.7 Å². The minimum Gasteiger partial charge on any atom is -0.490 e. The van der Waals surface area contributed by atoms with Gasteiger partial charge in [0, 0.05) is 18.8 Å². The van der Waals surface area contributed by atoms with E-state index < -0.39 is 5.69 Å². The van der Waals surface area contributed by atoms with Gasteiger partial charge in [-0.1, -0.05) is 6.07 Å². The average Bonchev–Trinajstić information content (AvgIpc) is 2.81. The van der Waals surface area contributed by atoms with Crippen molar-refractivity contribution in [2.24, 2.45) is 0 Å². The lowest BCUT2D eigenvalue weighted by Crippen LogP contribution is -2.34. The monoisotopic (exact) mass is 329 g/mol. The predicted octanol–water partition coefficient (Wildman–Crippen LogP) is 1.28. The zero-order valence-electron chi connectivity index (χ0n) is 13.4. The Morgan fingerprint density at radius 3 is 2.92 bits per heavy atom. The molecule has 2 heterocycles. The highest BCUT2D eigenvalue weighted by atomic mass is 16.5. The molecular weight excluding hydrogens is 310 g/mol. The van der Waals surface area contributed by atoms with E-state index in [1.54, 1.807) is 6.07 Å². The normalized spacial score (nSPS) is 14.5. The highest BCUT2D eigenvalue weighted by Crippen LogP contribution is 2.32. The molecule has 1 aromatic carbocycles. The van der Waals surface area contributed by atoms with Crippen LogP contribution in [0.15, 0.2) is 41.5 Å². The number of carbonyl (C=O) groups excluding carboxylic acids is 1. The van der Waals surface area contributed by atoms with Crippen LogP contribution in [0.4, 0.5) is 0 Å². The van der Waals surface area contributed by atoms with Crippen LogP contribution in [0.25, 0.3) is 0 Å². The van der Waals surface area contributed by atoms with Crippen LogP contribution in [0.5, 0.6) is 11.5 Å². The lowest BCUT2D eigenvalue weighted by molar-refractivity contribution is -0.122. The number of rotatable bonds is 4. The number of carbonyl (C=O) groups is 1. The third kappa shape index (κ3) is 3.73. The number of fused-ring (bicyclic) bond motifs is 1. The Hall–Kier alpha value is -2.83. The second-order valence-corrected chi connectivity index (χ2v) is 5.58. The molecule has 0 aliphatic carbocycles. The lowest BCUT2D eigenvalue weighted by Gasteiger charge is -2.16. The van der Waals surface area contributed by atoms with Gasteiger partial charge in [-0.25, -0.2) is 9.78 Å². The second kappa shape index (κ2) is 7.16. The summed E-state index contributed by atoms with van der Waals surface area (Å²) in [6.07, 6.45) is 3.78. The summed E-state index contributed by atoms with van der Waals surface area (Å²) in [6, 6.07) is 7.02. The number of ether oxygens (including phenoxy) is 2. The zero-order chi connectivity index (χ0) is 16.9. The lowest BCUT2D eigenvalue weighted by atomic mass is 10.1. The van der Waals surface area contributed by atoms with E-state index in [1.165, 1.54) is 17.0 Å². The largest absolute Gasteiger partial charge is 0.490 e. The highest BCUT2D eigenvalue weighted by molar-refractivity contribution is 5.76. The quantitative estimate of drug-likeness (QED) is 0.914. The molecule has 1 amide bonds. The van der Waals surface area contributed by atoms with E-state index in [0.717, 1.165) is 17.7 Å². The molecule has 0 fully saturated rings. The molecule has 1 atom stereocenters. The van der Waals surface area contributed by atoms with Gasteiger partial charge in [-0.3, -0.25) is 9.36 Å².